The second-order valence-electron chi connectivity index (χ2n) is 8.56. The third kappa shape index (κ3) is 2.18. The molecule has 4 aliphatic heterocycles. The first-order valence-corrected chi connectivity index (χ1v) is 10.3. The molecule has 28 heavy (non-hydrogen) atoms. The first-order valence-electron chi connectivity index (χ1n) is 10.3. The Morgan fingerprint density at radius 2 is 1.86 bits per heavy atom. The fourth-order valence-electron chi connectivity index (χ4n) is 6.00. The molecule has 0 spiro atoms. The minimum Gasteiger partial charge on any atom is -0.334 e. The molecule has 0 radical (unpaired) electrons. The quantitative estimate of drug-likeness (QED) is 0.691. The van der Waals surface area contributed by atoms with Crippen molar-refractivity contribution in [1.82, 2.24) is 24.0 Å². The molecule has 6 heteroatoms. The number of benzene rings is 1. The Morgan fingerprint density at radius 3 is 2.64 bits per heavy atom. The largest absolute Gasteiger partial charge is 0.334 e. The molecule has 7 rings (SSSR count). The average Bonchev–Trinajstić information content (AvgIpc) is 3.45. The number of rotatable bonds is 2. The third-order valence-corrected chi connectivity index (χ3v) is 7.25. The molecule has 4 saturated heterocycles. The van der Waals surface area contributed by atoms with Gasteiger partial charge in [0.25, 0.3) is 5.91 Å². The van der Waals surface area contributed by atoms with Crippen LogP contribution in [0, 0.1) is 5.92 Å². The molecule has 6 nitrogen and oxygen atoms in total. The summed E-state index contributed by atoms with van der Waals surface area (Å²) in [6.45, 7) is 3.15. The lowest BCUT2D eigenvalue weighted by molar-refractivity contribution is -0.00336. The van der Waals surface area contributed by atoms with Crippen LogP contribution in [0.15, 0.2) is 48.9 Å². The molecule has 4 fully saturated rings. The van der Waals surface area contributed by atoms with Gasteiger partial charge in [0.15, 0.2) is 0 Å². The molecule has 144 valence electrons. The van der Waals surface area contributed by atoms with Gasteiger partial charge in [0.1, 0.15) is 11.2 Å². The van der Waals surface area contributed by atoms with Crippen LogP contribution in [0.1, 0.15) is 34.7 Å². The smallest absolute Gasteiger partial charge is 0.259 e. The van der Waals surface area contributed by atoms with Crippen LogP contribution in [0.25, 0.3) is 5.65 Å². The van der Waals surface area contributed by atoms with Crippen LogP contribution in [-0.4, -0.2) is 61.6 Å². The minimum atomic E-state index is 0.138. The van der Waals surface area contributed by atoms with Crippen LogP contribution in [0.4, 0.5) is 0 Å². The van der Waals surface area contributed by atoms with Gasteiger partial charge in [0.2, 0.25) is 0 Å². The average molecular weight is 375 g/mol. The highest BCUT2D eigenvalue weighted by molar-refractivity contribution is 6.00. The van der Waals surface area contributed by atoms with Crippen molar-refractivity contribution in [3.05, 3.63) is 60.0 Å². The molecule has 1 aromatic carbocycles. The second kappa shape index (κ2) is 5.95. The molecule has 1 amide bonds. The van der Waals surface area contributed by atoms with E-state index in [0.717, 1.165) is 17.8 Å². The monoisotopic (exact) mass is 375 g/mol. The summed E-state index contributed by atoms with van der Waals surface area (Å²) in [6.07, 6.45) is 8.01. The molecule has 3 aromatic rings. The zero-order valence-corrected chi connectivity index (χ0v) is 16.1. The van der Waals surface area contributed by atoms with E-state index in [1.165, 1.54) is 31.5 Å². The van der Waals surface area contributed by atoms with Gasteiger partial charge >= 0.3 is 0 Å². The number of nitrogens with zero attached hydrogens (tertiary/aromatic N) is 5. The normalized spacial score (nSPS) is 31.5. The van der Waals surface area contributed by atoms with Gasteiger partial charge in [-0.05, 0) is 37.4 Å². The van der Waals surface area contributed by atoms with Crippen molar-refractivity contribution >= 4 is 11.6 Å². The summed E-state index contributed by atoms with van der Waals surface area (Å²) in [7, 11) is 1.97. The van der Waals surface area contributed by atoms with Crippen molar-refractivity contribution < 1.29 is 4.79 Å². The highest BCUT2D eigenvalue weighted by Crippen LogP contribution is 2.47. The molecule has 6 heterocycles. The summed E-state index contributed by atoms with van der Waals surface area (Å²) < 4.78 is 3.78. The highest BCUT2D eigenvalue weighted by atomic mass is 16.2. The van der Waals surface area contributed by atoms with E-state index in [0.29, 0.717) is 23.9 Å². The molecule has 3 atom stereocenters. The lowest BCUT2D eigenvalue weighted by Gasteiger charge is -2.51. The van der Waals surface area contributed by atoms with Crippen LogP contribution < -0.4 is 0 Å². The number of imidazole rings is 1. The van der Waals surface area contributed by atoms with Crippen LogP contribution >= 0.6 is 0 Å². The van der Waals surface area contributed by atoms with Gasteiger partial charge in [-0.2, -0.15) is 5.10 Å². The van der Waals surface area contributed by atoms with Crippen molar-refractivity contribution in [3.63, 3.8) is 0 Å². The Kier molecular flexibility index (Phi) is 3.48. The number of likely N-dealkylation sites (tertiary alicyclic amines) is 1. The molecule has 4 aliphatic rings. The number of aryl methyl sites for hydroxylation is 1. The number of aromatic nitrogens is 3. The van der Waals surface area contributed by atoms with E-state index in [9.17, 15) is 4.79 Å². The summed E-state index contributed by atoms with van der Waals surface area (Å²) >= 11 is 0. The zero-order chi connectivity index (χ0) is 18.8. The molecule has 0 saturated carbocycles. The maximum atomic E-state index is 13.7. The molecule has 0 aliphatic carbocycles. The first kappa shape index (κ1) is 16.4. The number of piperidine rings is 3. The van der Waals surface area contributed by atoms with Gasteiger partial charge in [0.05, 0.1) is 12.2 Å². The van der Waals surface area contributed by atoms with E-state index in [1.807, 2.05) is 24.0 Å². The van der Waals surface area contributed by atoms with Crippen molar-refractivity contribution in [3.8, 4) is 0 Å². The highest BCUT2D eigenvalue weighted by Gasteiger charge is 2.54. The standard InChI is InChI=1S/C22H25N5O/c1-24-11-12-27-21(24)17(13-23-27)22(28)26-14-18(15-5-3-2-4-6-15)20-19(26)16-7-9-25(20)10-8-16/h2-6,11-13,16,18-20H,7-10,14H2,1H3/t18-,19+,20+/m0/s1. The van der Waals surface area contributed by atoms with Crippen molar-refractivity contribution in [1.29, 1.82) is 0 Å². The lowest BCUT2D eigenvalue weighted by Crippen LogP contribution is -2.60. The summed E-state index contributed by atoms with van der Waals surface area (Å²) in [5.41, 5.74) is 2.96. The SMILES string of the molecule is Cn1ccn2ncc(C(=O)N3C[C@@H](c4ccccc4)[C@@H]4[C@H]3C3CCN4CC3)c12. The van der Waals surface area contributed by atoms with Gasteiger partial charge < -0.3 is 9.47 Å². The van der Waals surface area contributed by atoms with Crippen LogP contribution in [-0.2, 0) is 7.05 Å². The van der Waals surface area contributed by atoms with Crippen molar-refractivity contribution in [2.75, 3.05) is 19.6 Å². The second-order valence-corrected chi connectivity index (χ2v) is 8.56. The lowest BCUT2D eigenvalue weighted by atomic mass is 9.75. The van der Waals surface area contributed by atoms with E-state index in [2.05, 4.69) is 45.2 Å². The molecule has 2 bridgehead atoms. The van der Waals surface area contributed by atoms with Crippen LogP contribution in [0.2, 0.25) is 0 Å². The Morgan fingerprint density at radius 1 is 1.07 bits per heavy atom. The molecular weight excluding hydrogens is 350 g/mol. The molecule has 0 unspecified atom stereocenters. The van der Waals surface area contributed by atoms with E-state index in [4.69, 9.17) is 0 Å². The van der Waals surface area contributed by atoms with Gasteiger partial charge in [-0.25, -0.2) is 4.52 Å². The first-order chi connectivity index (χ1) is 13.7. The van der Waals surface area contributed by atoms with E-state index in [-0.39, 0.29) is 5.91 Å². The number of hydrogen-bond acceptors (Lipinski definition) is 3. The Bertz CT molecular complexity index is 1030. The topological polar surface area (TPSA) is 45.8 Å². The number of hydrogen-bond donors (Lipinski definition) is 0. The van der Waals surface area contributed by atoms with E-state index in [1.54, 1.807) is 10.7 Å². The summed E-state index contributed by atoms with van der Waals surface area (Å²) in [6, 6.07) is 11.5. The molecule has 0 N–H and O–H groups in total. The summed E-state index contributed by atoms with van der Waals surface area (Å²) in [5.74, 6) is 1.14. The van der Waals surface area contributed by atoms with Crippen LogP contribution in [0.3, 0.4) is 0 Å². The van der Waals surface area contributed by atoms with Crippen molar-refractivity contribution in [2.24, 2.45) is 13.0 Å². The molecular formula is C22H25N5O. The predicted octanol–water partition coefficient (Wildman–Crippen LogP) is 2.38. The van der Waals surface area contributed by atoms with Crippen molar-refractivity contribution in [2.45, 2.75) is 30.8 Å². The predicted molar refractivity (Wildman–Crippen MR) is 106 cm³/mol. The fourth-order valence-corrected chi connectivity index (χ4v) is 6.00. The van der Waals surface area contributed by atoms with Gasteiger partial charge in [-0.3, -0.25) is 9.69 Å². The maximum Gasteiger partial charge on any atom is 0.259 e. The molecule has 2 aromatic heterocycles. The number of carbonyl (C=O) groups is 1. The van der Waals surface area contributed by atoms with Gasteiger partial charge in [-0.1, -0.05) is 30.3 Å². The van der Waals surface area contributed by atoms with Crippen LogP contribution in [0.5, 0.6) is 0 Å². The number of amides is 1. The zero-order valence-electron chi connectivity index (χ0n) is 16.1. The van der Waals surface area contributed by atoms with E-state index >= 15 is 0 Å². The van der Waals surface area contributed by atoms with Gasteiger partial charge in [-0.15, -0.1) is 0 Å². The Hall–Kier alpha value is -2.60. The summed E-state index contributed by atoms with van der Waals surface area (Å²) in [4.78, 5) is 18.5. The fraction of sp³-hybridized carbons (Fsp3) is 0.455. The maximum absolute atomic E-state index is 13.7. The third-order valence-electron chi connectivity index (χ3n) is 7.25. The van der Waals surface area contributed by atoms with E-state index < -0.39 is 0 Å². The number of carbonyl (C=O) groups excluding carboxylic acids is 1. The Balaban J connectivity index is 1.42. The van der Waals surface area contributed by atoms with Gasteiger partial charge in [0, 0.05) is 37.9 Å². The summed E-state index contributed by atoms with van der Waals surface area (Å²) in [5, 5.41) is 4.40. The Labute approximate surface area is 164 Å². The number of fused-ring (bicyclic) bond motifs is 3. The minimum absolute atomic E-state index is 0.138.